The van der Waals surface area contributed by atoms with Gasteiger partial charge in [-0.1, -0.05) is 38.0 Å². The molecule has 0 spiro atoms. The van der Waals surface area contributed by atoms with Crippen LogP contribution in [0.5, 0.6) is 5.75 Å². The Bertz CT molecular complexity index is 425. The van der Waals surface area contributed by atoms with E-state index in [-0.39, 0.29) is 12.0 Å². The van der Waals surface area contributed by atoms with E-state index in [0.29, 0.717) is 12.5 Å². The van der Waals surface area contributed by atoms with E-state index in [1.165, 1.54) is 12.8 Å². The van der Waals surface area contributed by atoms with Crippen molar-refractivity contribution in [1.82, 2.24) is 5.32 Å². The Morgan fingerprint density at radius 3 is 2.68 bits per heavy atom. The number of hydrogen-bond acceptors (Lipinski definition) is 2. The minimum absolute atomic E-state index is 0.0256. The van der Waals surface area contributed by atoms with Crippen molar-refractivity contribution in [2.45, 2.75) is 58.1 Å². The van der Waals surface area contributed by atoms with Gasteiger partial charge in [0.25, 0.3) is 5.91 Å². The van der Waals surface area contributed by atoms with Gasteiger partial charge < -0.3 is 10.1 Å². The lowest BCUT2D eigenvalue weighted by Crippen LogP contribution is -2.42. The van der Waals surface area contributed by atoms with Crippen LogP contribution in [0.25, 0.3) is 0 Å². The lowest BCUT2D eigenvalue weighted by molar-refractivity contribution is -0.128. The summed E-state index contributed by atoms with van der Waals surface area (Å²) >= 11 is 0. The van der Waals surface area contributed by atoms with Gasteiger partial charge in [0.05, 0.1) is 0 Å². The molecular formula is C16H23NO2. The highest BCUT2D eigenvalue weighted by atomic mass is 16.5. The van der Waals surface area contributed by atoms with E-state index in [1.54, 1.807) is 0 Å². The Labute approximate surface area is 115 Å². The second-order valence-corrected chi connectivity index (χ2v) is 5.27. The third kappa shape index (κ3) is 3.72. The lowest BCUT2D eigenvalue weighted by Gasteiger charge is -2.20. The SMILES string of the molecule is CCC(Oc1ccccc1C)C(=O)NC1CCCC1. The molecule has 19 heavy (non-hydrogen) atoms. The summed E-state index contributed by atoms with van der Waals surface area (Å²) in [6, 6.07) is 8.17. The summed E-state index contributed by atoms with van der Waals surface area (Å²) in [5.74, 6) is 0.827. The van der Waals surface area contributed by atoms with Crippen molar-refractivity contribution >= 4 is 5.91 Å². The average Bonchev–Trinajstić information content (AvgIpc) is 2.90. The van der Waals surface area contributed by atoms with Crippen molar-refractivity contribution in [3.05, 3.63) is 29.8 Å². The number of benzene rings is 1. The molecule has 1 saturated carbocycles. The largest absolute Gasteiger partial charge is 0.480 e. The molecule has 0 radical (unpaired) electrons. The predicted molar refractivity (Wildman–Crippen MR) is 76.3 cm³/mol. The summed E-state index contributed by atoms with van der Waals surface area (Å²) in [7, 11) is 0. The van der Waals surface area contributed by atoms with Gasteiger partial charge in [-0.05, 0) is 37.8 Å². The molecule has 1 aromatic carbocycles. The topological polar surface area (TPSA) is 38.3 Å². The van der Waals surface area contributed by atoms with Crippen LogP contribution in [0, 0.1) is 6.92 Å². The third-order valence-corrected chi connectivity index (χ3v) is 3.73. The Kier molecular flexibility index (Phi) is 4.83. The fraction of sp³-hybridized carbons (Fsp3) is 0.562. The van der Waals surface area contributed by atoms with Crippen LogP contribution in [-0.4, -0.2) is 18.1 Å². The first kappa shape index (κ1) is 13.9. The number of hydrogen-bond donors (Lipinski definition) is 1. The number of amides is 1. The van der Waals surface area contributed by atoms with E-state index in [4.69, 9.17) is 4.74 Å². The van der Waals surface area contributed by atoms with Crippen LogP contribution in [0.3, 0.4) is 0 Å². The fourth-order valence-corrected chi connectivity index (χ4v) is 2.53. The smallest absolute Gasteiger partial charge is 0.261 e. The second kappa shape index (κ2) is 6.60. The maximum atomic E-state index is 12.2. The molecule has 2 rings (SSSR count). The van der Waals surface area contributed by atoms with E-state index in [9.17, 15) is 4.79 Å². The van der Waals surface area contributed by atoms with Crippen LogP contribution < -0.4 is 10.1 Å². The molecule has 1 aliphatic rings. The number of para-hydroxylation sites is 1. The van der Waals surface area contributed by atoms with Crippen LogP contribution in [0.15, 0.2) is 24.3 Å². The Morgan fingerprint density at radius 2 is 2.05 bits per heavy atom. The zero-order valence-electron chi connectivity index (χ0n) is 11.8. The van der Waals surface area contributed by atoms with Crippen LogP contribution in [0.4, 0.5) is 0 Å². The molecule has 3 nitrogen and oxygen atoms in total. The van der Waals surface area contributed by atoms with Crippen molar-refractivity contribution in [2.24, 2.45) is 0 Å². The third-order valence-electron chi connectivity index (χ3n) is 3.73. The molecule has 1 atom stereocenters. The van der Waals surface area contributed by atoms with E-state index in [2.05, 4.69) is 5.32 Å². The number of nitrogens with one attached hydrogen (secondary N) is 1. The molecular weight excluding hydrogens is 238 g/mol. The first-order valence-corrected chi connectivity index (χ1v) is 7.23. The van der Waals surface area contributed by atoms with E-state index >= 15 is 0 Å². The minimum atomic E-state index is -0.387. The minimum Gasteiger partial charge on any atom is -0.480 e. The number of aryl methyl sites for hydroxylation is 1. The molecule has 1 aromatic rings. The number of ether oxygens (including phenoxy) is 1. The predicted octanol–water partition coefficient (Wildman–Crippen LogP) is 3.21. The highest BCUT2D eigenvalue weighted by molar-refractivity contribution is 5.81. The van der Waals surface area contributed by atoms with Gasteiger partial charge >= 0.3 is 0 Å². The normalized spacial score (nSPS) is 17.2. The maximum absolute atomic E-state index is 12.2. The first-order chi connectivity index (χ1) is 9.20. The molecule has 0 aromatic heterocycles. The monoisotopic (exact) mass is 261 g/mol. The first-order valence-electron chi connectivity index (χ1n) is 7.23. The molecule has 1 amide bonds. The highest BCUT2D eigenvalue weighted by Crippen LogP contribution is 2.20. The molecule has 0 saturated heterocycles. The van der Waals surface area contributed by atoms with Crippen molar-refractivity contribution < 1.29 is 9.53 Å². The molecule has 1 aliphatic carbocycles. The lowest BCUT2D eigenvalue weighted by atomic mass is 10.2. The van der Waals surface area contributed by atoms with Crippen molar-refractivity contribution in [3.63, 3.8) is 0 Å². The van der Waals surface area contributed by atoms with Gasteiger partial charge in [0.15, 0.2) is 6.10 Å². The quantitative estimate of drug-likeness (QED) is 0.884. The van der Waals surface area contributed by atoms with Crippen LogP contribution in [0.2, 0.25) is 0 Å². The Balaban J connectivity index is 1.95. The van der Waals surface area contributed by atoms with Crippen LogP contribution in [-0.2, 0) is 4.79 Å². The number of rotatable bonds is 5. The summed E-state index contributed by atoms with van der Waals surface area (Å²) in [6.45, 7) is 3.98. The van der Waals surface area contributed by atoms with E-state index in [1.807, 2.05) is 38.1 Å². The molecule has 104 valence electrons. The number of carbonyl (C=O) groups is 1. The fourth-order valence-electron chi connectivity index (χ4n) is 2.53. The van der Waals surface area contributed by atoms with Gasteiger partial charge in [0.2, 0.25) is 0 Å². The van der Waals surface area contributed by atoms with Crippen LogP contribution in [0.1, 0.15) is 44.6 Å². The van der Waals surface area contributed by atoms with Crippen LogP contribution >= 0.6 is 0 Å². The summed E-state index contributed by atoms with van der Waals surface area (Å²) in [6.07, 6.45) is 4.95. The molecule has 1 unspecified atom stereocenters. The van der Waals surface area contributed by atoms with Crippen molar-refractivity contribution in [2.75, 3.05) is 0 Å². The van der Waals surface area contributed by atoms with Gasteiger partial charge in [0.1, 0.15) is 5.75 Å². The molecule has 0 heterocycles. The molecule has 1 N–H and O–H groups in total. The molecule has 1 fully saturated rings. The van der Waals surface area contributed by atoms with Gasteiger partial charge in [-0.15, -0.1) is 0 Å². The van der Waals surface area contributed by atoms with E-state index in [0.717, 1.165) is 24.2 Å². The summed E-state index contributed by atoms with van der Waals surface area (Å²) in [5.41, 5.74) is 1.06. The highest BCUT2D eigenvalue weighted by Gasteiger charge is 2.23. The van der Waals surface area contributed by atoms with Gasteiger partial charge in [0, 0.05) is 6.04 Å². The zero-order chi connectivity index (χ0) is 13.7. The van der Waals surface area contributed by atoms with E-state index < -0.39 is 0 Å². The molecule has 0 aliphatic heterocycles. The summed E-state index contributed by atoms with van der Waals surface area (Å²) in [4.78, 5) is 12.2. The molecule has 0 bridgehead atoms. The summed E-state index contributed by atoms with van der Waals surface area (Å²) < 4.78 is 5.85. The Hall–Kier alpha value is -1.51. The Morgan fingerprint density at radius 1 is 1.37 bits per heavy atom. The molecule has 3 heteroatoms. The van der Waals surface area contributed by atoms with Gasteiger partial charge in [-0.25, -0.2) is 0 Å². The summed E-state index contributed by atoms with van der Waals surface area (Å²) in [5, 5.41) is 3.11. The van der Waals surface area contributed by atoms with Crippen molar-refractivity contribution in [1.29, 1.82) is 0 Å². The number of carbonyl (C=O) groups excluding carboxylic acids is 1. The second-order valence-electron chi connectivity index (χ2n) is 5.27. The maximum Gasteiger partial charge on any atom is 0.261 e. The standard InChI is InChI=1S/C16H23NO2/c1-3-14(16(18)17-13-9-5-6-10-13)19-15-11-7-4-8-12(15)2/h4,7-8,11,13-14H,3,5-6,9-10H2,1-2H3,(H,17,18). The van der Waals surface area contributed by atoms with Gasteiger partial charge in [-0.3, -0.25) is 4.79 Å². The van der Waals surface area contributed by atoms with Gasteiger partial charge in [-0.2, -0.15) is 0 Å². The zero-order valence-corrected chi connectivity index (χ0v) is 11.8. The van der Waals surface area contributed by atoms with Crippen molar-refractivity contribution in [3.8, 4) is 5.75 Å². The average molecular weight is 261 g/mol.